The van der Waals surface area contributed by atoms with Crippen LogP contribution in [-0.2, 0) is 0 Å². The highest BCUT2D eigenvalue weighted by molar-refractivity contribution is 5.61. The van der Waals surface area contributed by atoms with Crippen molar-refractivity contribution in [3.63, 3.8) is 0 Å². The number of hydrogen-bond donors (Lipinski definition) is 3. The summed E-state index contributed by atoms with van der Waals surface area (Å²) in [5.41, 5.74) is 0. The molecule has 0 saturated heterocycles. The first kappa shape index (κ1) is 9.39. The van der Waals surface area contributed by atoms with E-state index in [9.17, 15) is 0 Å². The van der Waals surface area contributed by atoms with E-state index in [0.29, 0.717) is 12.5 Å². The van der Waals surface area contributed by atoms with E-state index in [1.165, 1.54) is 0 Å². The van der Waals surface area contributed by atoms with Gasteiger partial charge in [-0.3, -0.25) is 5.32 Å². The van der Waals surface area contributed by atoms with E-state index in [-0.39, 0.29) is 0 Å². The first-order chi connectivity index (χ1) is 4.66. The molecule has 0 bridgehead atoms. The maximum absolute atomic E-state index is 8.88. The topological polar surface area (TPSA) is 64.8 Å². The number of hydrogen-bond acceptors (Lipinski definition) is 4. The Labute approximate surface area is 60.6 Å². The van der Waals surface area contributed by atoms with Crippen molar-refractivity contribution in [3.8, 4) is 0 Å². The van der Waals surface area contributed by atoms with E-state index in [1.807, 2.05) is 13.8 Å². The van der Waals surface area contributed by atoms with Gasteiger partial charge in [0.05, 0.1) is 6.21 Å². The second-order valence-electron chi connectivity index (χ2n) is 2.51. The molecular formula is C6H14N2O2. The van der Waals surface area contributed by atoms with Crippen molar-refractivity contribution in [2.45, 2.75) is 20.1 Å². The van der Waals surface area contributed by atoms with Gasteiger partial charge in [0, 0.05) is 6.54 Å². The number of nitrogens with zero attached hydrogens (tertiary/aromatic N) is 1. The quantitative estimate of drug-likeness (QED) is 0.226. The van der Waals surface area contributed by atoms with E-state index >= 15 is 0 Å². The van der Waals surface area contributed by atoms with Crippen LogP contribution in [0.2, 0.25) is 0 Å². The molecular weight excluding hydrogens is 132 g/mol. The summed E-state index contributed by atoms with van der Waals surface area (Å²) in [7, 11) is 0. The molecule has 0 aromatic rings. The Hall–Kier alpha value is -0.610. The van der Waals surface area contributed by atoms with E-state index in [2.05, 4.69) is 10.5 Å². The third-order valence-electron chi connectivity index (χ3n) is 0.943. The Morgan fingerprint density at radius 1 is 1.60 bits per heavy atom. The number of nitrogens with one attached hydrogen (secondary N) is 1. The molecule has 0 aliphatic heterocycles. The van der Waals surface area contributed by atoms with Crippen molar-refractivity contribution >= 4 is 6.21 Å². The normalized spacial score (nSPS) is 14.8. The van der Waals surface area contributed by atoms with Gasteiger partial charge in [-0.05, 0) is 5.92 Å². The summed E-state index contributed by atoms with van der Waals surface area (Å²) < 4.78 is 0. The third-order valence-corrected chi connectivity index (χ3v) is 0.943. The maximum atomic E-state index is 8.88. The van der Waals surface area contributed by atoms with Crippen molar-refractivity contribution in [1.82, 2.24) is 5.32 Å². The summed E-state index contributed by atoms with van der Waals surface area (Å²) in [4.78, 5) is 0. The molecule has 0 heterocycles. The first-order valence-corrected chi connectivity index (χ1v) is 3.25. The van der Waals surface area contributed by atoms with Gasteiger partial charge in [-0.25, -0.2) is 0 Å². The minimum atomic E-state index is -0.840. The number of aliphatic hydroxyl groups excluding tert-OH is 1. The fraction of sp³-hybridized carbons (Fsp3) is 0.833. The molecule has 0 aromatic heterocycles. The van der Waals surface area contributed by atoms with Crippen molar-refractivity contribution in [3.05, 3.63) is 0 Å². The fourth-order valence-electron chi connectivity index (χ4n) is 0.472. The van der Waals surface area contributed by atoms with Crippen LogP contribution in [0.3, 0.4) is 0 Å². The van der Waals surface area contributed by atoms with E-state index < -0.39 is 6.23 Å². The molecule has 0 saturated carbocycles. The van der Waals surface area contributed by atoms with Crippen LogP contribution in [0.25, 0.3) is 0 Å². The number of aliphatic hydroxyl groups is 1. The molecule has 0 radical (unpaired) electrons. The van der Waals surface area contributed by atoms with Gasteiger partial charge in [-0.15, -0.1) is 0 Å². The zero-order chi connectivity index (χ0) is 7.98. The zero-order valence-electron chi connectivity index (χ0n) is 6.28. The Morgan fingerprint density at radius 3 is 2.60 bits per heavy atom. The molecule has 0 aromatic carbocycles. The molecule has 10 heavy (non-hydrogen) atoms. The second kappa shape index (κ2) is 5.20. The zero-order valence-corrected chi connectivity index (χ0v) is 6.28. The Morgan fingerprint density at radius 2 is 2.20 bits per heavy atom. The third kappa shape index (κ3) is 5.53. The number of rotatable bonds is 4. The summed E-state index contributed by atoms with van der Waals surface area (Å²) in [5.74, 6) is 0.474. The molecule has 0 spiro atoms. The highest BCUT2D eigenvalue weighted by atomic mass is 16.4. The lowest BCUT2D eigenvalue weighted by Crippen LogP contribution is -2.32. The maximum Gasteiger partial charge on any atom is 0.144 e. The van der Waals surface area contributed by atoms with Crippen molar-refractivity contribution in [1.29, 1.82) is 0 Å². The summed E-state index contributed by atoms with van der Waals surface area (Å²) in [6, 6.07) is 0. The predicted molar refractivity (Wildman–Crippen MR) is 39.1 cm³/mol. The van der Waals surface area contributed by atoms with Gasteiger partial charge < -0.3 is 10.3 Å². The molecule has 60 valence electrons. The Bertz CT molecular complexity index is 104. The van der Waals surface area contributed by atoms with Gasteiger partial charge in [-0.2, -0.15) is 0 Å². The van der Waals surface area contributed by atoms with Crippen molar-refractivity contribution < 1.29 is 10.3 Å². The Balaban J connectivity index is 3.30. The van der Waals surface area contributed by atoms with Crippen LogP contribution in [-0.4, -0.2) is 29.3 Å². The van der Waals surface area contributed by atoms with Gasteiger partial charge in [0.25, 0.3) is 0 Å². The average molecular weight is 146 g/mol. The standard InChI is InChI=1S/C6H14N2O2/c1-5(2)3-7-6(9)4-8-10/h4-7,9-10H,3H2,1-2H3/b8-4-. The minimum Gasteiger partial charge on any atom is -0.411 e. The largest absolute Gasteiger partial charge is 0.411 e. The first-order valence-electron chi connectivity index (χ1n) is 3.25. The van der Waals surface area contributed by atoms with Crippen molar-refractivity contribution in [2.75, 3.05) is 6.54 Å². The lowest BCUT2D eigenvalue weighted by molar-refractivity contribution is 0.196. The van der Waals surface area contributed by atoms with Crippen LogP contribution in [0.4, 0.5) is 0 Å². The van der Waals surface area contributed by atoms with Crippen LogP contribution in [0.5, 0.6) is 0 Å². The molecule has 4 nitrogen and oxygen atoms in total. The molecule has 0 aliphatic carbocycles. The van der Waals surface area contributed by atoms with Gasteiger partial charge in [0.15, 0.2) is 0 Å². The highest BCUT2D eigenvalue weighted by Crippen LogP contribution is 1.87. The molecule has 1 unspecified atom stereocenters. The minimum absolute atomic E-state index is 0.474. The highest BCUT2D eigenvalue weighted by Gasteiger charge is 1.98. The SMILES string of the molecule is CC(C)CNC(O)/C=N\O. The summed E-state index contributed by atoms with van der Waals surface area (Å²) >= 11 is 0. The van der Waals surface area contributed by atoms with Crippen molar-refractivity contribution in [2.24, 2.45) is 11.1 Å². The van der Waals surface area contributed by atoms with Crippen LogP contribution in [0.15, 0.2) is 5.16 Å². The molecule has 4 heteroatoms. The molecule has 0 rings (SSSR count). The molecule has 1 atom stereocenters. The van der Waals surface area contributed by atoms with E-state index in [0.717, 1.165) is 6.21 Å². The van der Waals surface area contributed by atoms with Crippen LogP contribution in [0, 0.1) is 5.92 Å². The van der Waals surface area contributed by atoms with Gasteiger partial charge in [0.1, 0.15) is 6.23 Å². The summed E-state index contributed by atoms with van der Waals surface area (Å²) in [5, 5.41) is 22.3. The number of oxime groups is 1. The van der Waals surface area contributed by atoms with Crippen LogP contribution in [0.1, 0.15) is 13.8 Å². The fourth-order valence-corrected chi connectivity index (χ4v) is 0.472. The summed E-state index contributed by atoms with van der Waals surface area (Å²) in [6.07, 6.45) is 0.190. The predicted octanol–water partition coefficient (Wildman–Crippen LogP) is 0.0104. The monoisotopic (exact) mass is 146 g/mol. The lowest BCUT2D eigenvalue weighted by atomic mass is 10.2. The van der Waals surface area contributed by atoms with Gasteiger partial charge in [0.2, 0.25) is 0 Å². The Kier molecular flexibility index (Phi) is 4.88. The summed E-state index contributed by atoms with van der Waals surface area (Å²) in [6.45, 7) is 4.75. The molecule has 0 aliphatic rings. The van der Waals surface area contributed by atoms with E-state index in [4.69, 9.17) is 10.3 Å². The van der Waals surface area contributed by atoms with Crippen LogP contribution < -0.4 is 5.32 Å². The van der Waals surface area contributed by atoms with Crippen LogP contribution >= 0.6 is 0 Å². The van der Waals surface area contributed by atoms with Gasteiger partial charge >= 0.3 is 0 Å². The lowest BCUT2D eigenvalue weighted by Gasteiger charge is -2.08. The van der Waals surface area contributed by atoms with E-state index in [1.54, 1.807) is 0 Å². The van der Waals surface area contributed by atoms with Gasteiger partial charge in [-0.1, -0.05) is 19.0 Å². The second-order valence-corrected chi connectivity index (χ2v) is 2.51. The smallest absolute Gasteiger partial charge is 0.144 e. The molecule has 0 amide bonds. The molecule has 3 N–H and O–H groups in total. The molecule has 0 fully saturated rings. The average Bonchev–Trinajstić information content (AvgIpc) is 1.85.